The fraction of sp³-hybridized carbons (Fsp3) is 0.583. The summed E-state index contributed by atoms with van der Waals surface area (Å²) in [6, 6.07) is 0.122. The molecule has 0 aliphatic carbocycles. The molecule has 2 unspecified atom stereocenters. The van der Waals surface area contributed by atoms with Gasteiger partial charge in [0, 0.05) is 24.5 Å². The molecule has 1 amide bonds. The van der Waals surface area contributed by atoms with Crippen LogP contribution < -0.4 is 5.73 Å². The summed E-state index contributed by atoms with van der Waals surface area (Å²) in [7, 11) is 0. The van der Waals surface area contributed by atoms with Crippen molar-refractivity contribution in [2.24, 2.45) is 11.7 Å². The highest BCUT2D eigenvalue weighted by atomic mass is 32.1. The van der Waals surface area contributed by atoms with Crippen LogP contribution in [-0.4, -0.2) is 29.9 Å². The van der Waals surface area contributed by atoms with E-state index in [1.54, 1.807) is 11.3 Å². The van der Waals surface area contributed by atoms with Crippen LogP contribution >= 0.6 is 11.3 Å². The van der Waals surface area contributed by atoms with Gasteiger partial charge in [-0.3, -0.25) is 4.79 Å². The monoisotopic (exact) mass is 238 g/mol. The number of likely N-dealkylation sites (tertiary alicyclic amines) is 1. The normalized spacial score (nSPS) is 25.8. The van der Waals surface area contributed by atoms with Crippen LogP contribution in [0.1, 0.15) is 29.3 Å². The number of carbonyl (C=O) groups is 1. The fourth-order valence-corrected chi connectivity index (χ4v) is 2.86. The van der Waals surface area contributed by atoms with Crippen LogP contribution in [0.25, 0.3) is 0 Å². The van der Waals surface area contributed by atoms with E-state index in [1.807, 2.05) is 22.6 Å². The van der Waals surface area contributed by atoms with Gasteiger partial charge < -0.3 is 10.6 Å². The molecule has 3 nitrogen and oxygen atoms in total. The van der Waals surface area contributed by atoms with Crippen molar-refractivity contribution in [3.05, 3.63) is 21.9 Å². The molecule has 1 aromatic heterocycles. The van der Waals surface area contributed by atoms with E-state index in [2.05, 4.69) is 6.92 Å². The Morgan fingerprint density at radius 2 is 2.31 bits per heavy atom. The lowest BCUT2D eigenvalue weighted by Gasteiger charge is -2.35. The number of hydrogen-bond acceptors (Lipinski definition) is 3. The van der Waals surface area contributed by atoms with Crippen molar-refractivity contribution in [1.82, 2.24) is 4.90 Å². The van der Waals surface area contributed by atoms with E-state index >= 15 is 0 Å². The Hall–Kier alpha value is -0.870. The lowest BCUT2D eigenvalue weighted by molar-refractivity contribution is 0.0672. The molecule has 1 aliphatic rings. The Morgan fingerprint density at radius 3 is 2.88 bits per heavy atom. The third-order valence-corrected chi connectivity index (χ3v) is 4.25. The molecule has 4 heteroatoms. The lowest BCUT2D eigenvalue weighted by atomic mass is 9.94. The van der Waals surface area contributed by atoms with Gasteiger partial charge in [0.15, 0.2) is 0 Å². The predicted molar refractivity (Wildman–Crippen MR) is 66.7 cm³/mol. The maximum Gasteiger partial charge on any atom is 0.255 e. The molecule has 2 atom stereocenters. The molecule has 2 rings (SSSR count). The lowest BCUT2D eigenvalue weighted by Crippen LogP contribution is -2.49. The van der Waals surface area contributed by atoms with Crippen molar-refractivity contribution in [2.45, 2.75) is 26.3 Å². The topological polar surface area (TPSA) is 46.3 Å². The molecular formula is C12H18N2OS. The number of rotatable bonds is 1. The van der Waals surface area contributed by atoms with E-state index in [0.717, 1.165) is 24.1 Å². The number of carbonyl (C=O) groups excluding carboxylic acids is 1. The van der Waals surface area contributed by atoms with Crippen molar-refractivity contribution in [3.63, 3.8) is 0 Å². The molecule has 2 heterocycles. The minimum atomic E-state index is 0.122. The molecule has 0 bridgehead atoms. The maximum absolute atomic E-state index is 12.2. The third-order valence-electron chi connectivity index (χ3n) is 3.39. The second-order valence-electron chi connectivity index (χ2n) is 4.65. The molecule has 1 saturated heterocycles. The molecule has 2 N–H and O–H groups in total. The number of hydrogen-bond donors (Lipinski definition) is 1. The van der Waals surface area contributed by atoms with Gasteiger partial charge in [-0.25, -0.2) is 0 Å². The van der Waals surface area contributed by atoms with Gasteiger partial charge in [0.05, 0.1) is 5.56 Å². The van der Waals surface area contributed by atoms with Crippen LogP contribution in [-0.2, 0) is 0 Å². The third kappa shape index (κ3) is 2.13. The van der Waals surface area contributed by atoms with Gasteiger partial charge in [-0.2, -0.15) is 11.3 Å². The van der Waals surface area contributed by atoms with Crippen LogP contribution in [0.15, 0.2) is 10.8 Å². The average Bonchev–Trinajstić information content (AvgIpc) is 2.67. The van der Waals surface area contributed by atoms with Crippen LogP contribution in [0.4, 0.5) is 0 Å². The fourth-order valence-electron chi connectivity index (χ4n) is 2.03. The maximum atomic E-state index is 12.2. The molecule has 1 aliphatic heterocycles. The van der Waals surface area contributed by atoms with Crippen LogP contribution in [0.3, 0.4) is 0 Å². The Bertz CT molecular complexity index is 388. The van der Waals surface area contributed by atoms with E-state index in [0.29, 0.717) is 12.5 Å². The summed E-state index contributed by atoms with van der Waals surface area (Å²) in [5, 5.41) is 3.95. The van der Waals surface area contributed by atoms with Gasteiger partial charge in [-0.15, -0.1) is 0 Å². The predicted octanol–water partition coefficient (Wildman–Crippen LogP) is 1.87. The minimum Gasteiger partial charge on any atom is -0.337 e. The zero-order valence-electron chi connectivity index (χ0n) is 9.77. The van der Waals surface area contributed by atoms with E-state index in [-0.39, 0.29) is 11.9 Å². The van der Waals surface area contributed by atoms with Crippen LogP contribution in [0, 0.1) is 12.8 Å². The highest BCUT2D eigenvalue weighted by molar-refractivity contribution is 7.08. The van der Waals surface area contributed by atoms with Crippen molar-refractivity contribution >= 4 is 17.2 Å². The van der Waals surface area contributed by atoms with Gasteiger partial charge in [-0.05, 0) is 30.2 Å². The molecule has 88 valence electrons. The first kappa shape index (κ1) is 11.6. The van der Waals surface area contributed by atoms with Gasteiger partial charge in [0.2, 0.25) is 0 Å². The number of nitrogens with zero attached hydrogens (tertiary/aromatic N) is 1. The smallest absolute Gasteiger partial charge is 0.255 e. The van der Waals surface area contributed by atoms with Gasteiger partial charge in [0.25, 0.3) is 5.91 Å². The summed E-state index contributed by atoms with van der Waals surface area (Å²) in [5.41, 5.74) is 7.92. The highest BCUT2D eigenvalue weighted by Gasteiger charge is 2.27. The summed E-state index contributed by atoms with van der Waals surface area (Å²) in [5.74, 6) is 0.661. The molecule has 0 aromatic carbocycles. The molecule has 0 radical (unpaired) electrons. The molecule has 0 spiro atoms. The first-order valence-corrected chi connectivity index (χ1v) is 6.61. The number of thiophene rings is 1. The minimum absolute atomic E-state index is 0.122. The zero-order chi connectivity index (χ0) is 11.7. The van der Waals surface area contributed by atoms with E-state index in [4.69, 9.17) is 5.73 Å². The Labute approximate surface area is 100 Å². The number of piperidine rings is 1. The number of amides is 1. The van der Waals surface area contributed by atoms with Gasteiger partial charge in [-0.1, -0.05) is 6.92 Å². The van der Waals surface area contributed by atoms with E-state index in [9.17, 15) is 4.79 Å². The van der Waals surface area contributed by atoms with Crippen LogP contribution in [0.2, 0.25) is 0 Å². The van der Waals surface area contributed by atoms with Crippen LogP contribution in [0.5, 0.6) is 0 Å². The van der Waals surface area contributed by atoms with Crippen molar-refractivity contribution in [1.29, 1.82) is 0 Å². The quantitative estimate of drug-likeness (QED) is 0.812. The summed E-state index contributed by atoms with van der Waals surface area (Å²) >= 11 is 1.58. The summed E-state index contributed by atoms with van der Waals surface area (Å²) in [4.78, 5) is 14.1. The zero-order valence-corrected chi connectivity index (χ0v) is 10.6. The highest BCUT2D eigenvalue weighted by Crippen LogP contribution is 2.20. The second-order valence-corrected chi connectivity index (χ2v) is 5.39. The van der Waals surface area contributed by atoms with Crippen molar-refractivity contribution in [3.8, 4) is 0 Å². The van der Waals surface area contributed by atoms with Crippen molar-refractivity contribution in [2.75, 3.05) is 13.1 Å². The van der Waals surface area contributed by atoms with Crippen molar-refractivity contribution < 1.29 is 4.79 Å². The molecule has 1 aromatic rings. The Kier molecular flexibility index (Phi) is 3.30. The summed E-state index contributed by atoms with van der Waals surface area (Å²) in [6.07, 6.45) is 1.01. The number of aryl methyl sites for hydroxylation is 1. The molecular weight excluding hydrogens is 220 g/mol. The largest absolute Gasteiger partial charge is 0.337 e. The van der Waals surface area contributed by atoms with E-state index in [1.165, 1.54) is 0 Å². The summed E-state index contributed by atoms with van der Waals surface area (Å²) < 4.78 is 0. The van der Waals surface area contributed by atoms with E-state index < -0.39 is 0 Å². The SMILES string of the molecule is Cc1cscc1C(=O)N1CCC(C)C(N)C1. The molecule has 16 heavy (non-hydrogen) atoms. The number of nitrogens with two attached hydrogens (primary N) is 1. The first-order valence-electron chi connectivity index (χ1n) is 5.67. The van der Waals surface area contributed by atoms with Gasteiger partial charge >= 0.3 is 0 Å². The first-order chi connectivity index (χ1) is 7.59. The molecule has 0 saturated carbocycles. The molecule has 1 fully saturated rings. The average molecular weight is 238 g/mol. The Morgan fingerprint density at radius 1 is 1.56 bits per heavy atom. The van der Waals surface area contributed by atoms with Gasteiger partial charge in [0.1, 0.15) is 0 Å². The second kappa shape index (κ2) is 4.55. The Balaban J connectivity index is 2.09. The standard InChI is InChI=1S/C12H18N2OS/c1-8-3-4-14(5-11(8)13)12(15)10-7-16-6-9(10)2/h6-8,11H,3-5,13H2,1-2H3. The summed E-state index contributed by atoms with van der Waals surface area (Å²) in [6.45, 7) is 5.66.